The van der Waals surface area contributed by atoms with E-state index in [1.807, 2.05) is 19.2 Å². The highest BCUT2D eigenvalue weighted by atomic mass is 15.1. The highest BCUT2D eigenvalue weighted by molar-refractivity contribution is 5.89. The van der Waals surface area contributed by atoms with E-state index in [-0.39, 0.29) is 5.95 Å². The summed E-state index contributed by atoms with van der Waals surface area (Å²) in [6.45, 7) is 6.33. The number of nitrogens with one attached hydrogen (secondary N) is 1. The first-order chi connectivity index (χ1) is 10.5. The Labute approximate surface area is 129 Å². The molecule has 2 aromatic heterocycles. The number of hydrogen-bond acceptors (Lipinski definition) is 5. The maximum absolute atomic E-state index is 5.77. The van der Waals surface area contributed by atoms with Gasteiger partial charge in [-0.1, -0.05) is 12.1 Å². The van der Waals surface area contributed by atoms with Crippen molar-refractivity contribution in [2.24, 2.45) is 0 Å². The van der Waals surface area contributed by atoms with Gasteiger partial charge in [0.15, 0.2) is 5.65 Å². The standard InChI is InChI=1S/C17H19N5/c1-9-5-6-10(2)14(11(9)3)13-8-7-12-15(19-4)21-17(18)22-16(12)20-13/h5-8H,1-4H3,(H3,18,19,20,21,22). The number of aromatic nitrogens is 3. The predicted octanol–water partition coefficient (Wildman–Crippen LogP) is 3.24. The van der Waals surface area contributed by atoms with Crippen molar-refractivity contribution in [3.8, 4) is 11.3 Å². The number of fused-ring (bicyclic) bond motifs is 1. The Bertz CT molecular complexity index is 871. The van der Waals surface area contributed by atoms with Crippen molar-refractivity contribution in [2.75, 3.05) is 18.1 Å². The second-order valence-electron chi connectivity index (χ2n) is 5.45. The van der Waals surface area contributed by atoms with Crippen molar-refractivity contribution < 1.29 is 0 Å². The second-order valence-corrected chi connectivity index (χ2v) is 5.45. The molecule has 3 rings (SSSR count). The summed E-state index contributed by atoms with van der Waals surface area (Å²) in [7, 11) is 1.81. The van der Waals surface area contributed by atoms with Crippen molar-refractivity contribution in [3.63, 3.8) is 0 Å². The fourth-order valence-electron chi connectivity index (χ4n) is 2.70. The smallest absolute Gasteiger partial charge is 0.224 e. The minimum atomic E-state index is 0.221. The number of benzene rings is 1. The number of anilines is 2. The van der Waals surface area contributed by atoms with Gasteiger partial charge in [0.05, 0.1) is 11.1 Å². The van der Waals surface area contributed by atoms with Crippen LogP contribution in [0.25, 0.3) is 22.3 Å². The van der Waals surface area contributed by atoms with E-state index < -0.39 is 0 Å². The van der Waals surface area contributed by atoms with E-state index >= 15 is 0 Å². The molecule has 0 saturated carbocycles. The highest BCUT2D eigenvalue weighted by Crippen LogP contribution is 2.30. The van der Waals surface area contributed by atoms with E-state index in [1.165, 1.54) is 16.7 Å². The Morgan fingerprint density at radius 3 is 2.36 bits per heavy atom. The molecular weight excluding hydrogens is 274 g/mol. The van der Waals surface area contributed by atoms with Crippen LogP contribution in [-0.2, 0) is 0 Å². The van der Waals surface area contributed by atoms with Crippen LogP contribution in [0, 0.1) is 20.8 Å². The normalized spacial score (nSPS) is 10.9. The van der Waals surface area contributed by atoms with Crippen molar-refractivity contribution in [1.29, 1.82) is 0 Å². The molecule has 0 fully saturated rings. The van der Waals surface area contributed by atoms with Gasteiger partial charge in [0.25, 0.3) is 0 Å². The minimum absolute atomic E-state index is 0.221. The maximum Gasteiger partial charge on any atom is 0.224 e. The van der Waals surface area contributed by atoms with Gasteiger partial charge in [-0.3, -0.25) is 0 Å². The molecular formula is C17H19N5. The zero-order valence-corrected chi connectivity index (χ0v) is 13.2. The second kappa shape index (κ2) is 5.26. The molecule has 0 atom stereocenters. The lowest BCUT2D eigenvalue weighted by atomic mass is 9.95. The van der Waals surface area contributed by atoms with Gasteiger partial charge in [0.2, 0.25) is 5.95 Å². The number of hydrogen-bond donors (Lipinski definition) is 2. The summed E-state index contributed by atoms with van der Waals surface area (Å²) in [4.78, 5) is 13.2. The highest BCUT2D eigenvalue weighted by Gasteiger charge is 2.12. The van der Waals surface area contributed by atoms with Crippen LogP contribution in [0.4, 0.5) is 11.8 Å². The number of nitrogen functional groups attached to an aromatic ring is 1. The van der Waals surface area contributed by atoms with E-state index in [2.05, 4.69) is 48.2 Å². The number of nitrogens with zero attached hydrogens (tertiary/aromatic N) is 3. The van der Waals surface area contributed by atoms with E-state index in [1.54, 1.807) is 0 Å². The Hall–Kier alpha value is -2.69. The van der Waals surface area contributed by atoms with Gasteiger partial charge >= 0.3 is 0 Å². The summed E-state index contributed by atoms with van der Waals surface area (Å²) < 4.78 is 0. The summed E-state index contributed by atoms with van der Waals surface area (Å²) in [6, 6.07) is 8.26. The van der Waals surface area contributed by atoms with Crippen LogP contribution >= 0.6 is 0 Å². The van der Waals surface area contributed by atoms with Gasteiger partial charge in [-0.15, -0.1) is 0 Å². The number of nitrogens with two attached hydrogens (primary N) is 1. The topological polar surface area (TPSA) is 76.7 Å². The number of rotatable bonds is 2. The van der Waals surface area contributed by atoms with Gasteiger partial charge in [0.1, 0.15) is 5.82 Å². The van der Waals surface area contributed by atoms with Crippen LogP contribution < -0.4 is 11.1 Å². The lowest BCUT2D eigenvalue weighted by Gasteiger charge is -2.13. The Morgan fingerprint density at radius 1 is 0.909 bits per heavy atom. The van der Waals surface area contributed by atoms with E-state index in [4.69, 9.17) is 10.7 Å². The molecule has 0 aliphatic rings. The Kier molecular flexibility index (Phi) is 3.41. The van der Waals surface area contributed by atoms with E-state index in [9.17, 15) is 0 Å². The third-order valence-electron chi connectivity index (χ3n) is 4.01. The molecule has 2 heterocycles. The van der Waals surface area contributed by atoms with Gasteiger partial charge in [-0.05, 0) is 49.6 Å². The van der Waals surface area contributed by atoms with Crippen LogP contribution in [0.2, 0.25) is 0 Å². The molecule has 0 amide bonds. The Balaban J connectivity index is 2.28. The van der Waals surface area contributed by atoms with Crippen LogP contribution in [0.5, 0.6) is 0 Å². The zero-order valence-electron chi connectivity index (χ0n) is 13.2. The predicted molar refractivity (Wildman–Crippen MR) is 90.9 cm³/mol. The molecule has 0 saturated heterocycles. The van der Waals surface area contributed by atoms with Crippen molar-refractivity contribution in [2.45, 2.75) is 20.8 Å². The summed E-state index contributed by atoms with van der Waals surface area (Å²) in [5.74, 6) is 0.915. The Morgan fingerprint density at radius 2 is 1.64 bits per heavy atom. The summed E-state index contributed by atoms with van der Waals surface area (Å²) in [6.07, 6.45) is 0. The largest absolute Gasteiger partial charge is 0.372 e. The molecule has 3 N–H and O–H groups in total. The quantitative estimate of drug-likeness (QED) is 0.758. The average molecular weight is 293 g/mol. The monoisotopic (exact) mass is 293 g/mol. The molecule has 1 aromatic carbocycles. The lowest BCUT2D eigenvalue weighted by Crippen LogP contribution is -2.03. The van der Waals surface area contributed by atoms with Crippen LogP contribution in [0.3, 0.4) is 0 Å². The first-order valence-electron chi connectivity index (χ1n) is 7.20. The molecule has 5 heteroatoms. The third kappa shape index (κ3) is 2.24. The summed E-state index contributed by atoms with van der Waals surface area (Å²) in [5, 5.41) is 3.90. The van der Waals surface area contributed by atoms with Crippen molar-refractivity contribution >= 4 is 22.8 Å². The van der Waals surface area contributed by atoms with E-state index in [0.717, 1.165) is 16.6 Å². The molecule has 0 bridgehead atoms. The molecule has 5 nitrogen and oxygen atoms in total. The average Bonchev–Trinajstić information content (AvgIpc) is 2.50. The van der Waals surface area contributed by atoms with E-state index in [0.29, 0.717) is 11.5 Å². The SMILES string of the molecule is CNc1nc(N)nc2nc(-c3c(C)ccc(C)c3C)ccc12. The molecule has 22 heavy (non-hydrogen) atoms. The molecule has 0 spiro atoms. The fraction of sp³-hybridized carbons (Fsp3) is 0.235. The van der Waals surface area contributed by atoms with Crippen LogP contribution in [0.15, 0.2) is 24.3 Å². The van der Waals surface area contributed by atoms with Crippen molar-refractivity contribution in [1.82, 2.24) is 15.0 Å². The first kappa shape index (κ1) is 14.3. The molecule has 112 valence electrons. The first-order valence-corrected chi connectivity index (χ1v) is 7.20. The summed E-state index contributed by atoms with van der Waals surface area (Å²) in [5.41, 5.74) is 12.1. The zero-order chi connectivity index (χ0) is 15.9. The lowest BCUT2D eigenvalue weighted by molar-refractivity contribution is 1.18. The van der Waals surface area contributed by atoms with Crippen molar-refractivity contribution in [3.05, 3.63) is 41.0 Å². The number of aryl methyl sites for hydroxylation is 2. The van der Waals surface area contributed by atoms with Gasteiger partial charge in [0, 0.05) is 12.6 Å². The molecule has 0 aliphatic heterocycles. The molecule has 0 radical (unpaired) electrons. The molecule has 3 aromatic rings. The summed E-state index contributed by atoms with van der Waals surface area (Å²) >= 11 is 0. The van der Waals surface area contributed by atoms with Crippen LogP contribution in [-0.4, -0.2) is 22.0 Å². The molecule has 0 aliphatic carbocycles. The van der Waals surface area contributed by atoms with Gasteiger partial charge in [-0.25, -0.2) is 4.98 Å². The molecule has 0 unspecified atom stereocenters. The fourth-order valence-corrected chi connectivity index (χ4v) is 2.70. The number of pyridine rings is 1. The van der Waals surface area contributed by atoms with Gasteiger partial charge in [-0.2, -0.15) is 9.97 Å². The van der Waals surface area contributed by atoms with Gasteiger partial charge < -0.3 is 11.1 Å². The minimum Gasteiger partial charge on any atom is -0.372 e. The maximum atomic E-state index is 5.77. The third-order valence-corrected chi connectivity index (χ3v) is 4.01. The van der Waals surface area contributed by atoms with Crippen LogP contribution in [0.1, 0.15) is 16.7 Å².